The standard InChI is InChI=1S/C11H20N2O5/c1-17-5-4-12-7-10(14)13-6-8-2-3-9(18-8)11(15)16/h8-9,12H,2-7H2,1H3,(H,13,14)(H,15,16). The highest BCUT2D eigenvalue weighted by Crippen LogP contribution is 2.18. The van der Waals surface area contributed by atoms with Crippen LogP contribution >= 0.6 is 0 Å². The molecule has 7 heteroatoms. The van der Waals surface area contributed by atoms with Crippen LogP contribution in [-0.2, 0) is 19.1 Å². The number of rotatable bonds is 8. The Morgan fingerprint density at radius 1 is 1.44 bits per heavy atom. The van der Waals surface area contributed by atoms with Gasteiger partial charge in [0, 0.05) is 20.2 Å². The summed E-state index contributed by atoms with van der Waals surface area (Å²) in [6, 6.07) is 0. The highest BCUT2D eigenvalue weighted by molar-refractivity contribution is 5.78. The van der Waals surface area contributed by atoms with Crippen molar-refractivity contribution >= 4 is 11.9 Å². The molecule has 18 heavy (non-hydrogen) atoms. The van der Waals surface area contributed by atoms with Crippen LogP contribution in [0.3, 0.4) is 0 Å². The summed E-state index contributed by atoms with van der Waals surface area (Å²) in [5.41, 5.74) is 0. The van der Waals surface area contributed by atoms with Crippen LogP contribution in [0.2, 0.25) is 0 Å². The van der Waals surface area contributed by atoms with E-state index >= 15 is 0 Å². The number of ether oxygens (including phenoxy) is 2. The van der Waals surface area contributed by atoms with Gasteiger partial charge >= 0.3 is 5.97 Å². The molecule has 1 amide bonds. The Balaban J connectivity index is 2.07. The van der Waals surface area contributed by atoms with Gasteiger partial charge in [0.25, 0.3) is 0 Å². The minimum atomic E-state index is -0.940. The van der Waals surface area contributed by atoms with E-state index in [1.165, 1.54) is 0 Å². The molecule has 7 nitrogen and oxygen atoms in total. The van der Waals surface area contributed by atoms with Crippen LogP contribution in [-0.4, -0.2) is 62.5 Å². The number of nitrogens with one attached hydrogen (secondary N) is 2. The zero-order valence-electron chi connectivity index (χ0n) is 10.5. The minimum Gasteiger partial charge on any atom is -0.479 e. The second-order valence-electron chi connectivity index (χ2n) is 4.14. The molecule has 0 spiro atoms. The van der Waals surface area contributed by atoms with Crippen molar-refractivity contribution in [2.75, 3.05) is 33.4 Å². The van der Waals surface area contributed by atoms with Gasteiger partial charge in [-0.15, -0.1) is 0 Å². The van der Waals surface area contributed by atoms with Gasteiger partial charge in [0.1, 0.15) is 0 Å². The first-order valence-corrected chi connectivity index (χ1v) is 5.98. The van der Waals surface area contributed by atoms with Crippen molar-refractivity contribution in [3.05, 3.63) is 0 Å². The predicted molar refractivity (Wildman–Crippen MR) is 63.3 cm³/mol. The summed E-state index contributed by atoms with van der Waals surface area (Å²) >= 11 is 0. The largest absolute Gasteiger partial charge is 0.479 e. The van der Waals surface area contributed by atoms with Crippen LogP contribution in [0.4, 0.5) is 0 Å². The molecule has 1 fully saturated rings. The molecular formula is C11H20N2O5. The van der Waals surface area contributed by atoms with Gasteiger partial charge < -0.3 is 25.2 Å². The lowest BCUT2D eigenvalue weighted by Gasteiger charge is -2.12. The fourth-order valence-electron chi connectivity index (χ4n) is 1.70. The second-order valence-corrected chi connectivity index (χ2v) is 4.14. The fraction of sp³-hybridized carbons (Fsp3) is 0.818. The quantitative estimate of drug-likeness (QED) is 0.483. The number of aliphatic carboxylic acids is 1. The number of carboxylic acid groups (broad SMARTS) is 1. The molecule has 0 radical (unpaired) electrons. The lowest BCUT2D eigenvalue weighted by Crippen LogP contribution is -2.39. The van der Waals surface area contributed by atoms with E-state index in [2.05, 4.69) is 10.6 Å². The van der Waals surface area contributed by atoms with Gasteiger partial charge in [-0.25, -0.2) is 4.79 Å². The SMILES string of the molecule is COCCNCC(=O)NCC1CCC(C(=O)O)O1. The molecule has 3 N–H and O–H groups in total. The van der Waals surface area contributed by atoms with Crippen molar-refractivity contribution in [1.82, 2.24) is 10.6 Å². The van der Waals surface area contributed by atoms with Gasteiger partial charge in [0.15, 0.2) is 6.10 Å². The molecule has 0 saturated carbocycles. The third kappa shape index (κ3) is 5.44. The van der Waals surface area contributed by atoms with E-state index in [0.717, 1.165) is 0 Å². The van der Waals surface area contributed by atoms with Crippen LogP contribution in [0.15, 0.2) is 0 Å². The lowest BCUT2D eigenvalue weighted by atomic mass is 10.2. The summed E-state index contributed by atoms with van der Waals surface area (Å²) in [6.45, 7) is 1.75. The molecule has 0 aromatic carbocycles. The number of methoxy groups -OCH3 is 1. The first-order chi connectivity index (χ1) is 8.63. The molecule has 104 valence electrons. The second kappa shape index (κ2) is 8.02. The average Bonchev–Trinajstić information content (AvgIpc) is 2.81. The molecule has 0 bridgehead atoms. The third-order valence-electron chi connectivity index (χ3n) is 2.68. The molecule has 1 rings (SSSR count). The normalized spacial score (nSPS) is 22.9. The van der Waals surface area contributed by atoms with Crippen molar-refractivity contribution in [3.63, 3.8) is 0 Å². The van der Waals surface area contributed by atoms with E-state index in [0.29, 0.717) is 32.5 Å². The Hall–Kier alpha value is -1.18. The smallest absolute Gasteiger partial charge is 0.332 e. The van der Waals surface area contributed by atoms with E-state index < -0.39 is 12.1 Å². The lowest BCUT2D eigenvalue weighted by molar-refractivity contribution is -0.149. The zero-order valence-corrected chi connectivity index (χ0v) is 10.5. The maximum atomic E-state index is 11.4. The van der Waals surface area contributed by atoms with Gasteiger partial charge in [-0.1, -0.05) is 0 Å². The predicted octanol–water partition coefficient (Wildman–Crippen LogP) is -1.03. The van der Waals surface area contributed by atoms with Crippen molar-refractivity contribution in [2.24, 2.45) is 0 Å². The Labute approximate surface area is 106 Å². The minimum absolute atomic E-state index is 0.131. The van der Waals surface area contributed by atoms with Crippen LogP contribution in [0.5, 0.6) is 0 Å². The monoisotopic (exact) mass is 260 g/mol. The summed E-state index contributed by atoms with van der Waals surface area (Å²) in [4.78, 5) is 22.0. The first-order valence-electron chi connectivity index (χ1n) is 5.98. The number of hydrogen-bond acceptors (Lipinski definition) is 5. The number of carboxylic acids is 1. The molecule has 1 saturated heterocycles. The van der Waals surface area contributed by atoms with Crippen molar-refractivity contribution in [2.45, 2.75) is 25.0 Å². The molecule has 0 aromatic rings. The van der Waals surface area contributed by atoms with E-state index in [9.17, 15) is 9.59 Å². The van der Waals surface area contributed by atoms with Crippen LogP contribution in [0, 0.1) is 0 Å². The topological polar surface area (TPSA) is 96.9 Å². The van der Waals surface area contributed by atoms with E-state index in [4.69, 9.17) is 14.6 Å². The maximum Gasteiger partial charge on any atom is 0.332 e. The van der Waals surface area contributed by atoms with Crippen molar-refractivity contribution < 1.29 is 24.2 Å². The van der Waals surface area contributed by atoms with E-state index in [-0.39, 0.29) is 18.6 Å². The Bertz CT molecular complexity index is 285. The van der Waals surface area contributed by atoms with Crippen molar-refractivity contribution in [3.8, 4) is 0 Å². The molecule has 1 heterocycles. The maximum absolute atomic E-state index is 11.4. The number of carbonyl (C=O) groups excluding carboxylic acids is 1. The van der Waals surface area contributed by atoms with E-state index in [1.807, 2.05) is 0 Å². The molecule has 1 aliphatic rings. The Morgan fingerprint density at radius 2 is 2.22 bits per heavy atom. The number of amides is 1. The van der Waals surface area contributed by atoms with Crippen LogP contribution < -0.4 is 10.6 Å². The molecular weight excluding hydrogens is 240 g/mol. The molecule has 2 atom stereocenters. The van der Waals surface area contributed by atoms with Crippen LogP contribution in [0.1, 0.15) is 12.8 Å². The third-order valence-corrected chi connectivity index (χ3v) is 2.68. The van der Waals surface area contributed by atoms with Gasteiger partial charge in [-0.3, -0.25) is 4.79 Å². The van der Waals surface area contributed by atoms with Gasteiger partial charge in [-0.05, 0) is 12.8 Å². The number of carbonyl (C=O) groups is 2. The van der Waals surface area contributed by atoms with Gasteiger partial charge in [0.2, 0.25) is 5.91 Å². The molecule has 0 aliphatic carbocycles. The summed E-state index contributed by atoms with van der Waals surface area (Å²) < 4.78 is 10.1. The fourth-order valence-corrected chi connectivity index (χ4v) is 1.70. The van der Waals surface area contributed by atoms with E-state index in [1.54, 1.807) is 7.11 Å². The molecule has 1 aliphatic heterocycles. The van der Waals surface area contributed by atoms with Crippen molar-refractivity contribution in [1.29, 1.82) is 0 Å². The summed E-state index contributed by atoms with van der Waals surface area (Å²) in [7, 11) is 1.60. The molecule has 0 aromatic heterocycles. The first kappa shape index (κ1) is 14.9. The number of hydrogen-bond donors (Lipinski definition) is 3. The molecule has 2 unspecified atom stereocenters. The Kier molecular flexibility index (Phi) is 6.63. The summed E-state index contributed by atoms with van der Waals surface area (Å²) in [5, 5.41) is 14.4. The summed E-state index contributed by atoms with van der Waals surface area (Å²) in [6.07, 6.45) is 0.233. The Morgan fingerprint density at radius 3 is 2.83 bits per heavy atom. The van der Waals surface area contributed by atoms with Crippen LogP contribution in [0.25, 0.3) is 0 Å². The highest BCUT2D eigenvalue weighted by atomic mass is 16.5. The average molecular weight is 260 g/mol. The zero-order chi connectivity index (χ0) is 13.4. The van der Waals surface area contributed by atoms with Gasteiger partial charge in [0.05, 0.1) is 19.3 Å². The highest BCUT2D eigenvalue weighted by Gasteiger charge is 2.30. The summed E-state index contributed by atoms with van der Waals surface area (Å²) in [5.74, 6) is -1.07. The van der Waals surface area contributed by atoms with Gasteiger partial charge in [-0.2, -0.15) is 0 Å².